The lowest BCUT2D eigenvalue weighted by Gasteiger charge is -2.05. The number of ether oxygens (including phenoxy) is 1. The molecule has 0 aliphatic heterocycles. The lowest BCUT2D eigenvalue weighted by Crippen LogP contribution is -2.14. The van der Waals surface area contributed by atoms with Crippen molar-refractivity contribution in [1.29, 1.82) is 0 Å². The molecule has 146 valence electrons. The Hall–Kier alpha value is -3.87. The second kappa shape index (κ2) is 8.02. The van der Waals surface area contributed by atoms with E-state index in [2.05, 4.69) is 10.5 Å². The Balaban J connectivity index is 1.39. The number of fused-ring (bicyclic) bond motifs is 1. The molecule has 0 aliphatic carbocycles. The standard InChI is InChI=1S/C22H18N2O5/c1-2-27-22(26)14-7-9-16(10-8-14)23-21(25)13-17-12-20(29-24-17)19-11-15-5-3-4-6-18(15)28-19/h3-12H,2,13H2,1H3,(H,23,25). The van der Waals surface area contributed by atoms with Crippen LogP contribution in [0.4, 0.5) is 5.69 Å². The van der Waals surface area contributed by atoms with E-state index in [1.54, 1.807) is 37.3 Å². The number of carbonyl (C=O) groups excluding carboxylic acids is 2. The van der Waals surface area contributed by atoms with Crippen LogP contribution in [0.5, 0.6) is 0 Å². The van der Waals surface area contributed by atoms with Crippen molar-refractivity contribution in [2.75, 3.05) is 11.9 Å². The van der Waals surface area contributed by atoms with Gasteiger partial charge < -0.3 is 19.0 Å². The predicted octanol–water partition coefficient (Wildman–Crippen LogP) is 4.45. The molecule has 0 aliphatic rings. The third kappa shape index (κ3) is 4.19. The van der Waals surface area contributed by atoms with Gasteiger partial charge in [-0.05, 0) is 43.3 Å². The Morgan fingerprint density at radius 1 is 1.03 bits per heavy atom. The molecule has 29 heavy (non-hydrogen) atoms. The van der Waals surface area contributed by atoms with Crippen LogP contribution in [0.3, 0.4) is 0 Å². The highest BCUT2D eigenvalue weighted by Gasteiger charge is 2.14. The van der Waals surface area contributed by atoms with Gasteiger partial charge in [0.05, 0.1) is 24.3 Å². The van der Waals surface area contributed by atoms with Crippen LogP contribution in [0.25, 0.3) is 22.5 Å². The minimum Gasteiger partial charge on any atom is -0.462 e. The monoisotopic (exact) mass is 390 g/mol. The summed E-state index contributed by atoms with van der Waals surface area (Å²) in [6, 6.07) is 17.7. The van der Waals surface area contributed by atoms with Gasteiger partial charge in [-0.2, -0.15) is 0 Å². The van der Waals surface area contributed by atoms with E-state index in [1.807, 2.05) is 30.3 Å². The summed E-state index contributed by atoms with van der Waals surface area (Å²) in [5, 5.41) is 7.67. The van der Waals surface area contributed by atoms with Gasteiger partial charge in [0, 0.05) is 17.1 Å². The SMILES string of the molecule is CCOC(=O)c1ccc(NC(=O)Cc2cc(-c3cc4ccccc4o3)on2)cc1. The topological polar surface area (TPSA) is 94.6 Å². The summed E-state index contributed by atoms with van der Waals surface area (Å²) in [5.74, 6) is 0.368. The van der Waals surface area contributed by atoms with Crippen LogP contribution >= 0.6 is 0 Å². The van der Waals surface area contributed by atoms with Gasteiger partial charge in [-0.25, -0.2) is 4.79 Å². The van der Waals surface area contributed by atoms with Crippen molar-refractivity contribution in [1.82, 2.24) is 5.16 Å². The van der Waals surface area contributed by atoms with E-state index in [4.69, 9.17) is 13.7 Å². The first kappa shape index (κ1) is 18.5. The van der Waals surface area contributed by atoms with Gasteiger partial charge in [-0.3, -0.25) is 4.79 Å². The molecule has 1 N–H and O–H groups in total. The van der Waals surface area contributed by atoms with Crippen LogP contribution in [0.15, 0.2) is 69.6 Å². The number of furan rings is 1. The lowest BCUT2D eigenvalue weighted by molar-refractivity contribution is -0.115. The van der Waals surface area contributed by atoms with Gasteiger partial charge >= 0.3 is 5.97 Å². The van der Waals surface area contributed by atoms with E-state index < -0.39 is 5.97 Å². The molecule has 0 atom stereocenters. The first-order chi connectivity index (χ1) is 14.1. The van der Waals surface area contributed by atoms with Crippen LogP contribution in [0.1, 0.15) is 23.0 Å². The minimum absolute atomic E-state index is 0.0450. The molecule has 7 heteroatoms. The smallest absolute Gasteiger partial charge is 0.338 e. The van der Waals surface area contributed by atoms with Crippen LogP contribution in [-0.4, -0.2) is 23.6 Å². The third-order valence-corrected chi connectivity index (χ3v) is 4.25. The number of nitrogens with zero attached hydrogens (tertiary/aromatic N) is 1. The molecule has 0 saturated heterocycles. The van der Waals surface area contributed by atoms with Crippen LogP contribution in [0, 0.1) is 0 Å². The van der Waals surface area contributed by atoms with Crippen molar-refractivity contribution in [3.63, 3.8) is 0 Å². The third-order valence-electron chi connectivity index (χ3n) is 4.25. The van der Waals surface area contributed by atoms with E-state index in [0.29, 0.717) is 35.1 Å². The Morgan fingerprint density at radius 2 is 1.83 bits per heavy atom. The van der Waals surface area contributed by atoms with Gasteiger partial charge in [0.2, 0.25) is 11.7 Å². The molecule has 2 aromatic carbocycles. The van der Waals surface area contributed by atoms with E-state index >= 15 is 0 Å². The average Bonchev–Trinajstić information content (AvgIpc) is 3.35. The number of para-hydroxylation sites is 1. The van der Waals surface area contributed by atoms with Gasteiger partial charge in [-0.1, -0.05) is 23.4 Å². The number of hydrogen-bond donors (Lipinski definition) is 1. The molecule has 2 heterocycles. The van der Waals surface area contributed by atoms with Crippen molar-refractivity contribution in [3.05, 3.63) is 71.9 Å². The molecular weight excluding hydrogens is 372 g/mol. The molecule has 2 aromatic heterocycles. The largest absolute Gasteiger partial charge is 0.462 e. The molecule has 0 fully saturated rings. The molecule has 0 spiro atoms. The molecular formula is C22H18N2O5. The molecule has 0 unspecified atom stereocenters. The summed E-state index contributed by atoms with van der Waals surface area (Å²) < 4.78 is 16.0. The van der Waals surface area contributed by atoms with Gasteiger partial charge in [0.1, 0.15) is 5.58 Å². The zero-order valence-corrected chi connectivity index (χ0v) is 15.7. The fraction of sp³-hybridized carbons (Fsp3) is 0.136. The number of hydrogen-bond acceptors (Lipinski definition) is 6. The van der Waals surface area contributed by atoms with Crippen molar-refractivity contribution >= 4 is 28.5 Å². The summed E-state index contributed by atoms with van der Waals surface area (Å²) in [5.41, 5.74) is 2.24. The number of benzene rings is 2. The van der Waals surface area contributed by atoms with Gasteiger partial charge in [-0.15, -0.1) is 0 Å². The van der Waals surface area contributed by atoms with Gasteiger partial charge in [0.15, 0.2) is 5.76 Å². The number of aromatic nitrogens is 1. The van der Waals surface area contributed by atoms with E-state index in [1.165, 1.54) is 0 Å². The maximum absolute atomic E-state index is 12.3. The summed E-state index contributed by atoms with van der Waals surface area (Å²) in [7, 11) is 0. The number of rotatable bonds is 6. The molecule has 7 nitrogen and oxygen atoms in total. The molecule has 0 radical (unpaired) electrons. The highest BCUT2D eigenvalue weighted by molar-refractivity contribution is 5.94. The van der Waals surface area contributed by atoms with E-state index in [0.717, 1.165) is 11.0 Å². The lowest BCUT2D eigenvalue weighted by atomic mass is 10.2. The summed E-state index contributed by atoms with van der Waals surface area (Å²) in [6.07, 6.45) is 0.0450. The van der Waals surface area contributed by atoms with Crippen molar-refractivity contribution < 1.29 is 23.3 Å². The maximum atomic E-state index is 12.3. The molecule has 4 aromatic rings. The second-order valence-corrected chi connectivity index (χ2v) is 6.35. The normalized spacial score (nSPS) is 10.8. The quantitative estimate of drug-likeness (QED) is 0.489. The molecule has 0 saturated carbocycles. The van der Waals surface area contributed by atoms with E-state index in [-0.39, 0.29) is 12.3 Å². The summed E-state index contributed by atoms with van der Waals surface area (Å²) in [4.78, 5) is 23.9. The van der Waals surface area contributed by atoms with E-state index in [9.17, 15) is 9.59 Å². The molecule has 0 bridgehead atoms. The minimum atomic E-state index is -0.397. The Labute approximate surface area is 166 Å². The Kier molecular flexibility index (Phi) is 5.11. The Morgan fingerprint density at radius 3 is 2.59 bits per heavy atom. The zero-order valence-electron chi connectivity index (χ0n) is 15.7. The zero-order chi connectivity index (χ0) is 20.2. The predicted molar refractivity (Wildman–Crippen MR) is 106 cm³/mol. The number of nitrogens with one attached hydrogen (secondary N) is 1. The number of anilines is 1. The van der Waals surface area contributed by atoms with Crippen molar-refractivity contribution in [2.24, 2.45) is 0 Å². The van der Waals surface area contributed by atoms with Gasteiger partial charge in [0.25, 0.3) is 0 Å². The van der Waals surface area contributed by atoms with Crippen LogP contribution in [0.2, 0.25) is 0 Å². The van der Waals surface area contributed by atoms with Crippen LogP contribution < -0.4 is 5.32 Å². The highest BCUT2D eigenvalue weighted by atomic mass is 16.5. The first-order valence-electron chi connectivity index (χ1n) is 9.14. The van der Waals surface area contributed by atoms with Crippen molar-refractivity contribution in [3.8, 4) is 11.5 Å². The number of esters is 1. The second-order valence-electron chi connectivity index (χ2n) is 6.35. The Bertz CT molecular complexity index is 1120. The first-order valence-corrected chi connectivity index (χ1v) is 9.14. The molecule has 4 rings (SSSR count). The summed E-state index contributed by atoms with van der Waals surface area (Å²) >= 11 is 0. The average molecular weight is 390 g/mol. The maximum Gasteiger partial charge on any atom is 0.338 e. The fourth-order valence-corrected chi connectivity index (χ4v) is 2.89. The summed E-state index contributed by atoms with van der Waals surface area (Å²) in [6.45, 7) is 2.06. The number of carbonyl (C=O) groups is 2. The van der Waals surface area contributed by atoms with Crippen molar-refractivity contribution in [2.45, 2.75) is 13.3 Å². The highest BCUT2D eigenvalue weighted by Crippen LogP contribution is 2.28. The number of amides is 1. The van der Waals surface area contributed by atoms with Crippen LogP contribution in [-0.2, 0) is 16.0 Å². The molecule has 1 amide bonds. The fourth-order valence-electron chi connectivity index (χ4n) is 2.89.